The number of nitrogens with two attached hydrogens (primary N) is 1. The topological polar surface area (TPSA) is 61.5 Å². The molecule has 0 saturated carbocycles. The molecule has 0 unspecified atom stereocenters. The fourth-order valence-electron chi connectivity index (χ4n) is 2.51. The van der Waals surface area contributed by atoms with Crippen molar-refractivity contribution >= 4 is 7.60 Å². The summed E-state index contributed by atoms with van der Waals surface area (Å²) in [4.78, 5) is 0. The molecule has 100 valence electrons. The maximum Gasteiger partial charge on any atom is 0.354 e. The highest BCUT2D eigenvalue weighted by atomic mass is 31.2. The standard InChI is InChI=1S/C13H20NO3P/c1-3-16-18(15,17-4-2)13(14)10-9-11-7-5-6-8-12(11)13/h5-8H,3-4,9-10,14H2,1-2H3/t13-/m1/s1. The Labute approximate surface area is 108 Å². The number of hydrogen-bond acceptors (Lipinski definition) is 4. The maximum atomic E-state index is 12.9. The molecule has 0 aliphatic heterocycles. The van der Waals surface area contributed by atoms with E-state index in [-0.39, 0.29) is 0 Å². The van der Waals surface area contributed by atoms with Gasteiger partial charge in [0.15, 0.2) is 0 Å². The Hall–Kier alpha value is -0.670. The summed E-state index contributed by atoms with van der Waals surface area (Å²) in [7, 11) is -3.33. The second-order valence-electron chi connectivity index (χ2n) is 4.41. The van der Waals surface area contributed by atoms with Gasteiger partial charge in [0.25, 0.3) is 0 Å². The molecule has 1 aliphatic rings. The van der Waals surface area contributed by atoms with E-state index in [4.69, 9.17) is 14.8 Å². The molecule has 0 saturated heterocycles. The average molecular weight is 269 g/mol. The van der Waals surface area contributed by atoms with Crippen molar-refractivity contribution in [2.45, 2.75) is 32.0 Å². The first-order valence-corrected chi connectivity index (χ1v) is 7.88. The normalized spacial score (nSPS) is 23.1. The van der Waals surface area contributed by atoms with E-state index < -0.39 is 12.9 Å². The molecule has 1 aliphatic carbocycles. The minimum absolute atomic E-state index is 0.332. The molecule has 1 aromatic carbocycles. The first-order valence-electron chi connectivity index (χ1n) is 6.34. The smallest absolute Gasteiger partial charge is 0.311 e. The molecule has 0 bridgehead atoms. The summed E-state index contributed by atoms with van der Waals surface area (Å²) in [5, 5.41) is -1.00. The van der Waals surface area contributed by atoms with Crippen LogP contribution in [0.1, 0.15) is 31.4 Å². The Morgan fingerprint density at radius 1 is 1.28 bits per heavy atom. The van der Waals surface area contributed by atoms with Crippen LogP contribution in [0, 0.1) is 0 Å². The molecule has 5 heteroatoms. The molecule has 2 N–H and O–H groups in total. The van der Waals surface area contributed by atoms with E-state index in [2.05, 4.69) is 0 Å². The number of hydrogen-bond donors (Lipinski definition) is 1. The second kappa shape index (κ2) is 5.14. The Morgan fingerprint density at radius 3 is 2.50 bits per heavy atom. The quantitative estimate of drug-likeness (QED) is 0.835. The van der Waals surface area contributed by atoms with Crippen LogP contribution in [0.25, 0.3) is 0 Å². The predicted molar refractivity (Wildman–Crippen MR) is 71.5 cm³/mol. The molecule has 0 spiro atoms. The third-order valence-corrected chi connectivity index (χ3v) is 5.98. The minimum Gasteiger partial charge on any atom is -0.311 e. The first kappa shape index (κ1) is 13.8. The van der Waals surface area contributed by atoms with Gasteiger partial charge in [-0.3, -0.25) is 4.57 Å². The van der Waals surface area contributed by atoms with Gasteiger partial charge in [0.2, 0.25) is 0 Å². The van der Waals surface area contributed by atoms with Crippen LogP contribution in [0.3, 0.4) is 0 Å². The van der Waals surface area contributed by atoms with Crippen molar-refractivity contribution < 1.29 is 13.6 Å². The van der Waals surface area contributed by atoms with Gasteiger partial charge in [-0.1, -0.05) is 24.3 Å². The van der Waals surface area contributed by atoms with E-state index >= 15 is 0 Å². The van der Waals surface area contributed by atoms with Crippen LogP contribution in [0.15, 0.2) is 24.3 Å². The van der Waals surface area contributed by atoms with E-state index in [0.717, 1.165) is 17.5 Å². The van der Waals surface area contributed by atoms with Crippen molar-refractivity contribution in [3.63, 3.8) is 0 Å². The van der Waals surface area contributed by atoms with Gasteiger partial charge in [0, 0.05) is 0 Å². The van der Waals surface area contributed by atoms with Crippen LogP contribution in [-0.2, 0) is 25.3 Å². The highest BCUT2D eigenvalue weighted by Gasteiger charge is 2.52. The zero-order chi connectivity index (χ0) is 13.2. The molecule has 0 aromatic heterocycles. The monoisotopic (exact) mass is 269 g/mol. The summed E-state index contributed by atoms with van der Waals surface area (Å²) < 4.78 is 23.8. The molecule has 1 aromatic rings. The highest BCUT2D eigenvalue weighted by Crippen LogP contribution is 2.66. The van der Waals surface area contributed by atoms with Gasteiger partial charge < -0.3 is 14.8 Å². The number of benzene rings is 1. The number of fused-ring (bicyclic) bond motifs is 1. The average Bonchev–Trinajstić information content (AvgIpc) is 2.70. The molecule has 2 rings (SSSR count). The Morgan fingerprint density at radius 2 is 1.89 bits per heavy atom. The SMILES string of the molecule is CCOP(=O)(OCC)[C@]1(N)CCc2ccccc21. The van der Waals surface area contributed by atoms with Gasteiger partial charge in [-0.25, -0.2) is 0 Å². The predicted octanol–water partition coefficient (Wildman–Crippen LogP) is 3.01. The second-order valence-corrected chi connectivity index (χ2v) is 6.72. The minimum atomic E-state index is -3.33. The summed E-state index contributed by atoms with van der Waals surface area (Å²) in [6.07, 6.45) is 1.42. The molecule has 1 atom stereocenters. The van der Waals surface area contributed by atoms with Gasteiger partial charge in [-0.2, -0.15) is 0 Å². The lowest BCUT2D eigenvalue weighted by molar-refractivity contribution is 0.195. The Bertz CT molecular complexity index is 467. The van der Waals surface area contributed by atoms with E-state index in [1.807, 2.05) is 24.3 Å². The zero-order valence-electron chi connectivity index (χ0n) is 10.9. The number of rotatable bonds is 5. The molecule has 4 nitrogen and oxygen atoms in total. The summed E-state index contributed by atoms with van der Waals surface area (Å²) >= 11 is 0. The zero-order valence-corrected chi connectivity index (χ0v) is 11.8. The molecular weight excluding hydrogens is 249 g/mol. The Kier molecular flexibility index (Phi) is 3.93. The van der Waals surface area contributed by atoms with Crippen LogP contribution >= 0.6 is 7.60 Å². The highest BCUT2D eigenvalue weighted by molar-refractivity contribution is 7.55. The van der Waals surface area contributed by atoms with Crippen molar-refractivity contribution in [3.05, 3.63) is 35.4 Å². The number of aryl methyl sites for hydroxylation is 1. The van der Waals surface area contributed by atoms with Gasteiger partial charge in [0.1, 0.15) is 5.28 Å². The fourth-order valence-corrected chi connectivity index (χ4v) is 4.63. The van der Waals surface area contributed by atoms with Gasteiger partial charge >= 0.3 is 7.60 Å². The summed E-state index contributed by atoms with van der Waals surface area (Å²) in [5.74, 6) is 0. The lowest BCUT2D eigenvalue weighted by atomic mass is 10.1. The Balaban J connectivity index is 2.45. The van der Waals surface area contributed by atoms with Crippen molar-refractivity contribution in [2.75, 3.05) is 13.2 Å². The fraction of sp³-hybridized carbons (Fsp3) is 0.538. The van der Waals surface area contributed by atoms with Gasteiger partial charge in [-0.05, 0) is 37.8 Å². The summed E-state index contributed by atoms with van der Waals surface area (Å²) in [6.45, 7) is 4.27. The van der Waals surface area contributed by atoms with Crippen LogP contribution < -0.4 is 5.73 Å². The van der Waals surface area contributed by atoms with E-state index in [1.54, 1.807) is 13.8 Å². The maximum absolute atomic E-state index is 12.9. The van der Waals surface area contributed by atoms with Gasteiger partial charge in [0.05, 0.1) is 13.2 Å². The van der Waals surface area contributed by atoms with E-state index in [0.29, 0.717) is 19.6 Å². The molecule has 0 heterocycles. The van der Waals surface area contributed by atoms with E-state index in [9.17, 15) is 4.57 Å². The van der Waals surface area contributed by atoms with Crippen LogP contribution in [0.5, 0.6) is 0 Å². The lowest BCUT2D eigenvalue weighted by Crippen LogP contribution is -2.35. The molecule has 18 heavy (non-hydrogen) atoms. The van der Waals surface area contributed by atoms with Crippen molar-refractivity contribution in [1.82, 2.24) is 0 Å². The van der Waals surface area contributed by atoms with Crippen LogP contribution in [0.4, 0.5) is 0 Å². The van der Waals surface area contributed by atoms with Crippen molar-refractivity contribution in [1.29, 1.82) is 0 Å². The van der Waals surface area contributed by atoms with Crippen LogP contribution in [0.2, 0.25) is 0 Å². The lowest BCUT2D eigenvalue weighted by Gasteiger charge is -2.33. The van der Waals surface area contributed by atoms with Crippen molar-refractivity contribution in [3.8, 4) is 0 Å². The van der Waals surface area contributed by atoms with Gasteiger partial charge in [-0.15, -0.1) is 0 Å². The van der Waals surface area contributed by atoms with Crippen LogP contribution in [-0.4, -0.2) is 13.2 Å². The first-order chi connectivity index (χ1) is 8.57. The van der Waals surface area contributed by atoms with Crippen molar-refractivity contribution in [2.24, 2.45) is 5.73 Å². The largest absolute Gasteiger partial charge is 0.354 e. The molecule has 0 radical (unpaired) electrons. The summed E-state index contributed by atoms with van der Waals surface area (Å²) in [5.41, 5.74) is 8.45. The van der Waals surface area contributed by atoms with E-state index in [1.165, 1.54) is 0 Å². The molecular formula is C13H20NO3P. The summed E-state index contributed by atoms with van der Waals surface area (Å²) in [6, 6.07) is 7.82. The third kappa shape index (κ3) is 2.04. The molecule has 0 fully saturated rings. The third-order valence-electron chi connectivity index (χ3n) is 3.35. The molecule has 0 amide bonds.